The lowest BCUT2D eigenvalue weighted by Gasteiger charge is -2.27. The zero-order valence-corrected chi connectivity index (χ0v) is 15.5. The Hall–Kier alpha value is -3.16. The Morgan fingerprint density at radius 1 is 1.29 bits per heavy atom. The molecule has 28 heavy (non-hydrogen) atoms. The van der Waals surface area contributed by atoms with Gasteiger partial charge in [-0.25, -0.2) is 4.39 Å². The van der Waals surface area contributed by atoms with Gasteiger partial charge in [0, 0.05) is 48.2 Å². The number of fused-ring (bicyclic) bond motifs is 2. The largest absolute Gasteiger partial charge is 0.350 e. The van der Waals surface area contributed by atoms with Crippen molar-refractivity contribution in [2.24, 2.45) is 0 Å². The van der Waals surface area contributed by atoms with Crippen LogP contribution >= 0.6 is 0 Å². The Morgan fingerprint density at radius 2 is 2.11 bits per heavy atom. The van der Waals surface area contributed by atoms with Crippen LogP contribution in [0.1, 0.15) is 45.1 Å². The molecule has 7 nitrogen and oxygen atoms in total. The number of carbonyl (C=O) groups is 2. The van der Waals surface area contributed by atoms with Crippen LogP contribution < -0.4 is 0 Å². The summed E-state index contributed by atoms with van der Waals surface area (Å²) in [5.41, 5.74) is 3.11. The first-order valence-electron chi connectivity index (χ1n) is 9.42. The van der Waals surface area contributed by atoms with Gasteiger partial charge in [-0.15, -0.1) is 0 Å². The highest BCUT2D eigenvalue weighted by atomic mass is 19.1. The molecular weight excluding hydrogens is 361 g/mol. The number of amides is 2. The number of aromatic nitrogens is 3. The molecule has 0 unspecified atom stereocenters. The number of nitrogens with zero attached hydrogens (tertiary/aromatic N) is 3. The van der Waals surface area contributed by atoms with Gasteiger partial charge < -0.3 is 14.8 Å². The van der Waals surface area contributed by atoms with Crippen molar-refractivity contribution >= 4 is 22.7 Å². The molecule has 0 radical (unpaired) electrons. The summed E-state index contributed by atoms with van der Waals surface area (Å²) in [6.45, 7) is 0.859. The maximum atomic E-state index is 13.4. The van der Waals surface area contributed by atoms with E-state index in [-0.39, 0.29) is 17.6 Å². The van der Waals surface area contributed by atoms with E-state index < -0.39 is 0 Å². The minimum Gasteiger partial charge on any atom is -0.350 e. The molecule has 1 aliphatic heterocycles. The number of hydrogen-bond acceptors (Lipinski definition) is 3. The summed E-state index contributed by atoms with van der Waals surface area (Å²) in [7, 11) is 1.80. The molecule has 2 aromatic heterocycles. The van der Waals surface area contributed by atoms with E-state index in [9.17, 15) is 14.0 Å². The third-order valence-corrected chi connectivity index (χ3v) is 5.65. The summed E-state index contributed by atoms with van der Waals surface area (Å²) in [6.07, 6.45) is 2.67. The summed E-state index contributed by atoms with van der Waals surface area (Å²) in [4.78, 5) is 32.2. The average molecular weight is 381 g/mol. The molecule has 0 saturated heterocycles. The van der Waals surface area contributed by atoms with Crippen molar-refractivity contribution in [1.82, 2.24) is 25.0 Å². The zero-order chi connectivity index (χ0) is 19.4. The SMILES string of the molecule is CN(C(=O)c1n[nH]c2c1CN(C(=O)c1cc3ccc(F)cc3[nH]1)CC2)C1CC1. The highest BCUT2D eigenvalue weighted by Gasteiger charge is 2.34. The van der Waals surface area contributed by atoms with Crippen LogP contribution in [-0.4, -0.2) is 56.4 Å². The molecule has 1 saturated carbocycles. The van der Waals surface area contributed by atoms with E-state index in [1.54, 1.807) is 29.0 Å². The van der Waals surface area contributed by atoms with Crippen LogP contribution in [0.4, 0.5) is 4.39 Å². The molecule has 2 N–H and O–H groups in total. The van der Waals surface area contributed by atoms with Gasteiger partial charge in [0.1, 0.15) is 11.5 Å². The summed E-state index contributed by atoms with van der Waals surface area (Å²) in [6, 6.07) is 6.42. The molecule has 5 rings (SSSR count). The zero-order valence-electron chi connectivity index (χ0n) is 15.5. The fourth-order valence-electron chi connectivity index (χ4n) is 3.82. The third-order valence-electron chi connectivity index (χ3n) is 5.65. The smallest absolute Gasteiger partial charge is 0.274 e. The van der Waals surface area contributed by atoms with E-state index in [1.165, 1.54) is 12.1 Å². The third kappa shape index (κ3) is 2.76. The average Bonchev–Trinajstić information content (AvgIpc) is 3.33. The number of carbonyl (C=O) groups excluding carboxylic acids is 2. The fraction of sp³-hybridized carbons (Fsp3) is 0.350. The number of H-pyrrole nitrogens is 2. The molecule has 3 aromatic rings. The van der Waals surface area contributed by atoms with Gasteiger partial charge in [-0.1, -0.05) is 0 Å². The van der Waals surface area contributed by atoms with Crippen LogP contribution in [0.5, 0.6) is 0 Å². The summed E-state index contributed by atoms with van der Waals surface area (Å²) in [5.74, 6) is -0.620. The van der Waals surface area contributed by atoms with Gasteiger partial charge in [0.25, 0.3) is 11.8 Å². The second-order valence-electron chi connectivity index (χ2n) is 7.57. The normalized spacial score (nSPS) is 16.3. The minimum absolute atomic E-state index is 0.101. The molecule has 144 valence electrons. The van der Waals surface area contributed by atoms with Crippen LogP contribution in [0.25, 0.3) is 10.9 Å². The van der Waals surface area contributed by atoms with Gasteiger partial charge in [-0.2, -0.15) is 5.10 Å². The predicted molar refractivity (Wildman–Crippen MR) is 100 cm³/mol. The number of hydrogen-bond donors (Lipinski definition) is 2. The van der Waals surface area contributed by atoms with E-state index in [1.807, 2.05) is 0 Å². The first-order valence-corrected chi connectivity index (χ1v) is 9.42. The first kappa shape index (κ1) is 17.0. The lowest BCUT2D eigenvalue weighted by Crippen LogP contribution is -2.37. The molecule has 0 spiro atoms. The Morgan fingerprint density at radius 3 is 2.89 bits per heavy atom. The maximum Gasteiger partial charge on any atom is 0.274 e. The van der Waals surface area contributed by atoms with Gasteiger partial charge in [0.2, 0.25) is 0 Å². The Labute approximate surface area is 160 Å². The van der Waals surface area contributed by atoms with E-state index in [4.69, 9.17) is 0 Å². The number of halogens is 1. The molecule has 0 bridgehead atoms. The quantitative estimate of drug-likeness (QED) is 0.731. The van der Waals surface area contributed by atoms with Gasteiger partial charge in [0.15, 0.2) is 5.69 Å². The number of aromatic amines is 2. The Bertz CT molecular complexity index is 1100. The molecule has 0 atom stereocenters. The molecule has 2 amide bonds. The monoisotopic (exact) mass is 381 g/mol. The lowest BCUT2D eigenvalue weighted by atomic mass is 10.0. The van der Waals surface area contributed by atoms with Crippen molar-refractivity contribution in [1.29, 1.82) is 0 Å². The summed E-state index contributed by atoms with van der Waals surface area (Å²) >= 11 is 0. The van der Waals surface area contributed by atoms with Crippen LogP contribution in [0.3, 0.4) is 0 Å². The Kier molecular flexibility index (Phi) is 3.75. The van der Waals surface area contributed by atoms with Crippen LogP contribution in [0, 0.1) is 5.82 Å². The standard InChI is InChI=1S/C20H20FN5O2/c1-25(13-4-5-13)20(28)18-14-10-26(7-6-15(14)23-24-18)19(27)17-8-11-2-3-12(21)9-16(11)22-17/h2-3,8-9,13,22H,4-7,10H2,1H3,(H,23,24). The van der Waals surface area contributed by atoms with Gasteiger partial charge >= 0.3 is 0 Å². The highest BCUT2D eigenvalue weighted by molar-refractivity contribution is 5.98. The van der Waals surface area contributed by atoms with Crippen LogP contribution in [-0.2, 0) is 13.0 Å². The maximum absolute atomic E-state index is 13.4. The Balaban J connectivity index is 1.40. The van der Waals surface area contributed by atoms with Crippen molar-refractivity contribution in [2.75, 3.05) is 13.6 Å². The second kappa shape index (κ2) is 6.19. The van der Waals surface area contributed by atoms with Crippen molar-refractivity contribution in [3.05, 3.63) is 52.7 Å². The highest BCUT2D eigenvalue weighted by Crippen LogP contribution is 2.29. The van der Waals surface area contributed by atoms with Crippen LogP contribution in [0.15, 0.2) is 24.3 Å². The molecule has 1 aromatic carbocycles. The minimum atomic E-state index is -0.350. The lowest BCUT2D eigenvalue weighted by molar-refractivity contribution is 0.0717. The topological polar surface area (TPSA) is 85.1 Å². The van der Waals surface area contributed by atoms with Crippen molar-refractivity contribution in [3.8, 4) is 0 Å². The molecule has 8 heteroatoms. The molecule has 1 fully saturated rings. The first-order chi connectivity index (χ1) is 13.5. The number of rotatable bonds is 3. The van der Waals surface area contributed by atoms with E-state index in [0.29, 0.717) is 42.5 Å². The molecule has 3 heterocycles. The van der Waals surface area contributed by atoms with Crippen LogP contribution in [0.2, 0.25) is 0 Å². The summed E-state index contributed by atoms with van der Waals surface area (Å²) in [5, 5.41) is 7.98. The number of benzene rings is 1. The molecule has 2 aliphatic rings. The summed E-state index contributed by atoms with van der Waals surface area (Å²) < 4.78 is 13.4. The van der Waals surface area contributed by atoms with E-state index >= 15 is 0 Å². The number of nitrogens with one attached hydrogen (secondary N) is 2. The predicted octanol–water partition coefficient (Wildman–Crippen LogP) is 2.46. The van der Waals surface area contributed by atoms with Crippen molar-refractivity contribution in [2.45, 2.75) is 31.8 Å². The van der Waals surface area contributed by atoms with Gasteiger partial charge in [0.05, 0.1) is 6.54 Å². The van der Waals surface area contributed by atoms with Gasteiger partial charge in [-0.05, 0) is 37.1 Å². The van der Waals surface area contributed by atoms with E-state index in [2.05, 4.69) is 15.2 Å². The second-order valence-corrected chi connectivity index (χ2v) is 7.57. The van der Waals surface area contributed by atoms with E-state index in [0.717, 1.165) is 29.5 Å². The fourth-order valence-corrected chi connectivity index (χ4v) is 3.82. The van der Waals surface area contributed by atoms with Crippen molar-refractivity contribution < 1.29 is 14.0 Å². The molecule has 1 aliphatic carbocycles. The van der Waals surface area contributed by atoms with Crippen molar-refractivity contribution in [3.63, 3.8) is 0 Å². The van der Waals surface area contributed by atoms with Gasteiger partial charge in [-0.3, -0.25) is 14.7 Å². The molecular formula is C20H20FN5O2.